The molecule has 0 atom stereocenters. The van der Waals surface area contributed by atoms with Crippen LogP contribution in [0.25, 0.3) is 0 Å². The number of alkyl halides is 1. The molecule has 0 aromatic rings. The molecule has 0 aliphatic heterocycles. The van der Waals surface area contributed by atoms with E-state index in [1.165, 1.54) is 6.08 Å². The fourth-order valence-corrected chi connectivity index (χ4v) is 0.703. The third-order valence-electron chi connectivity index (χ3n) is 0.765. The predicted octanol–water partition coefficient (Wildman–Crippen LogP) is 1.80. The molecule has 0 aliphatic rings. The van der Waals surface area contributed by atoms with Crippen LogP contribution in [-0.4, -0.2) is 16.4 Å². The van der Waals surface area contributed by atoms with Crippen LogP contribution in [-0.2, 0) is 4.79 Å². The highest BCUT2D eigenvalue weighted by Crippen LogP contribution is 1.94. The van der Waals surface area contributed by atoms with E-state index in [9.17, 15) is 4.79 Å². The molecule has 0 spiro atoms. The predicted molar refractivity (Wildman–Crippen MR) is 39.8 cm³/mol. The lowest BCUT2D eigenvalue weighted by Gasteiger charge is -1.84. The molecule has 0 bridgehead atoms. The van der Waals surface area contributed by atoms with Gasteiger partial charge in [0, 0.05) is 11.4 Å². The minimum Gasteiger partial charge on any atom is -0.478 e. The summed E-state index contributed by atoms with van der Waals surface area (Å²) in [5.74, 6) is -0.871. The Kier molecular flexibility index (Phi) is 5.62. The first kappa shape index (κ1) is 8.69. The maximum atomic E-state index is 9.86. The van der Waals surface area contributed by atoms with E-state index >= 15 is 0 Å². The summed E-state index contributed by atoms with van der Waals surface area (Å²) in [6.45, 7) is 0. The molecular weight excluding hydrogens is 184 g/mol. The molecule has 0 saturated carbocycles. The molecule has 0 aromatic heterocycles. The summed E-state index contributed by atoms with van der Waals surface area (Å²) in [5, 5.41) is 9.04. The number of halogens is 1. The Morgan fingerprint density at radius 1 is 1.67 bits per heavy atom. The van der Waals surface area contributed by atoms with Crippen molar-refractivity contribution in [1.82, 2.24) is 0 Å². The smallest absolute Gasteiger partial charge is 0.327 e. The number of carboxylic acids is 1. The quantitative estimate of drug-likeness (QED) is 0.420. The van der Waals surface area contributed by atoms with Crippen molar-refractivity contribution in [3.8, 4) is 0 Å². The van der Waals surface area contributed by atoms with E-state index < -0.39 is 5.97 Å². The van der Waals surface area contributed by atoms with Crippen molar-refractivity contribution in [1.29, 1.82) is 0 Å². The highest BCUT2D eigenvalue weighted by Gasteiger charge is 1.83. The fraction of sp³-hybridized carbons (Fsp3) is 0.500. The summed E-state index contributed by atoms with van der Waals surface area (Å²) in [4.78, 5) is 9.86. The van der Waals surface area contributed by atoms with Gasteiger partial charge < -0.3 is 5.11 Å². The van der Waals surface area contributed by atoms with Gasteiger partial charge in [0.05, 0.1) is 0 Å². The maximum absolute atomic E-state index is 9.86. The van der Waals surface area contributed by atoms with Crippen molar-refractivity contribution in [2.75, 3.05) is 5.33 Å². The van der Waals surface area contributed by atoms with Crippen molar-refractivity contribution in [2.45, 2.75) is 12.8 Å². The Morgan fingerprint density at radius 2 is 2.33 bits per heavy atom. The molecule has 0 rings (SSSR count). The zero-order valence-electron chi connectivity index (χ0n) is 5.01. The van der Waals surface area contributed by atoms with E-state index in [1.54, 1.807) is 6.08 Å². The minimum absolute atomic E-state index is 0.831. The van der Waals surface area contributed by atoms with Crippen LogP contribution in [0.4, 0.5) is 0 Å². The Morgan fingerprint density at radius 3 is 2.78 bits per heavy atom. The molecule has 2 nitrogen and oxygen atoms in total. The van der Waals surface area contributed by atoms with Gasteiger partial charge in [-0.1, -0.05) is 22.0 Å². The summed E-state index contributed by atoms with van der Waals surface area (Å²) < 4.78 is 0. The van der Waals surface area contributed by atoms with Crippen molar-refractivity contribution in [2.24, 2.45) is 0 Å². The van der Waals surface area contributed by atoms with E-state index in [-0.39, 0.29) is 0 Å². The van der Waals surface area contributed by atoms with E-state index in [4.69, 9.17) is 5.11 Å². The second kappa shape index (κ2) is 5.82. The van der Waals surface area contributed by atoms with Crippen molar-refractivity contribution < 1.29 is 9.90 Å². The van der Waals surface area contributed by atoms with Crippen LogP contribution >= 0.6 is 15.9 Å². The first-order chi connectivity index (χ1) is 4.27. The summed E-state index contributed by atoms with van der Waals surface area (Å²) in [6.07, 6.45) is 4.65. The number of hydrogen-bond acceptors (Lipinski definition) is 1. The molecule has 0 heterocycles. The van der Waals surface area contributed by atoms with Gasteiger partial charge in [-0.25, -0.2) is 4.79 Å². The largest absolute Gasteiger partial charge is 0.478 e. The summed E-state index contributed by atoms with van der Waals surface area (Å²) in [7, 11) is 0. The third-order valence-corrected chi connectivity index (χ3v) is 1.33. The van der Waals surface area contributed by atoms with Crippen molar-refractivity contribution >= 4 is 21.9 Å². The molecule has 0 saturated heterocycles. The van der Waals surface area contributed by atoms with Crippen LogP contribution in [0.1, 0.15) is 12.8 Å². The topological polar surface area (TPSA) is 37.3 Å². The second-order valence-corrected chi connectivity index (χ2v) is 2.36. The summed E-state index contributed by atoms with van der Waals surface area (Å²) in [6, 6.07) is 0. The van der Waals surface area contributed by atoms with E-state index in [0.29, 0.717) is 0 Å². The maximum Gasteiger partial charge on any atom is 0.327 e. The number of carbonyl (C=O) groups is 1. The highest BCUT2D eigenvalue weighted by molar-refractivity contribution is 9.09. The number of aliphatic carboxylic acids is 1. The van der Waals surface area contributed by atoms with Gasteiger partial charge in [0.2, 0.25) is 0 Å². The average molecular weight is 193 g/mol. The molecule has 0 fully saturated rings. The molecule has 0 amide bonds. The Bertz CT molecular complexity index is 110. The van der Waals surface area contributed by atoms with Crippen molar-refractivity contribution in [3.05, 3.63) is 12.2 Å². The standard InChI is InChI=1S/C6H9BrO2/c7-5-3-1-2-4-6(8)9/h2,4H,1,3,5H2,(H,8,9). The third kappa shape index (κ3) is 7.69. The average Bonchev–Trinajstić information content (AvgIpc) is 1.80. The van der Waals surface area contributed by atoms with Gasteiger partial charge in [-0.3, -0.25) is 0 Å². The van der Waals surface area contributed by atoms with Gasteiger partial charge in [-0.15, -0.1) is 0 Å². The van der Waals surface area contributed by atoms with Crippen LogP contribution in [0.2, 0.25) is 0 Å². The Hall–Kier alpha value is -0.310. The molecule has 1 N–H and O–H groups in total. The zero-order valence-corrected chi connectivity index (χ0v) is 6.60. The van der Waals surface area contributed by atoms with Gasteiger partial charge >= 0.3 is 5.97 Å². The van der Waals surface area contributed by atoms with Gasteiger partial charge in [0.15, 0.2) is 0 Å². The second-order valence-electron chi connectivity index (χ2n) is 1.57. The minimum atomic E-state index is -0.871. The van der Waals surface area contributed by atoms with E-state index in [0.717, 1.165) is 18.2 Å². The molecule has 0 unspecified atom stereocenters. The Balaban J connectivity index is 3.15. The van der Waals surface area contributed by atoms with Crippen LogP contribution in [0, 0.1) is 0 Å². The van der Waals surface area contributed by atoms with Crippen LogP contribution in [0.5, 0.6) is 0 Å². The van der Waals surface area contributed by atoms with E-state index in [2.05, 4.69) is 15.9 Å². The molecule has 0 radical (unpaired) electrons. The number of hydrogen-bond donors (Lipinski definition) is 1. The molecular formula is C6H9BrO2. The van der Waals surface area contributed by atoms with Gasteiger partial charge in [-0.05, 0) is 12.8 Å². The monoisotopic (exact) mass is 192 g/mol. The SMILES string of the molecule is O=C(O)C=CCCCBr. The molecule has 3 heteroatoms. The van der Waals surface area contributed by atoms with Crippen molar-refractivity contribution in [3.63, 3.8) is 0 Å². The molecule has 0 aliphatic carbocycles. The first-order valence-electron chi connectivity index (χ1n) is 2.73. The fourth-order valence-electron chi connectivity index (χ4n) is 0.379. The Labute approximate surface area is 62.7 Å². The highest BCUT2D eigenvalue weighted by atomic mass is 79.9. The summed E-state index contributed by atoms with van der Waals surface area (Å²) >= 11 is 3.24. The lowest BCUT2D eigenvalue weighted by Crippen LogP contribution is -1.85. The lowest BCUT2D eigenvalue weighted by atomic mass is 10.3. The van der Waals surface area contributed by atoms with Gasteiger partial charge in [-0.2, -0.15) is 0 Å². The number of carboxylic acid groups (broad SMARTS) is 1. The molecule has 0 aromatic carbocycles. The molecule has 9 heavy (non-hydrogen) atoms. The summed E-state index contributed by atoms with van der Waals surface area (Å²) in [5.41, 5.74) is 0. The number of unbranched alkanes of at least 4 members (excludes halogenated alkanes) is 1. The van der Waals surface area contributed by atoms with Crippen LogP contribution in [0.3, 0.4) is 0 Å². The molecule has 52 valence electrons. The zero-order chi connectivity index (χ0) is 7.11. The van der Waals surface area contributed by atoms with Crippen LogP contribution < -0.4 is 0 Å². The first-order valence-corrected chi connectivity index (χ1v) is 3.85. The van der Waals surface area contributed by atoms with Crippen LogP contribution in [0.15, 0.2) is 12.2 Å². The number of allylic oxidation sites excluding steroid dienone is 1. The normalized spacial score (nSPS) is 10.3. The van der Waals surface area contributed by atoms with E-state index in [1.807, 2.05) is 0 Å². The number of rotatable bonds is 4. The lowest BCUT2D eigenvalue weighted by molar-refractivity contribution is -0.131. The van der Waals surface area contributed by atoms with Gasteiger partial charge in [0.25, 0.3) is 0 Å². The van der Waals surface area contributed by atoms with Gasteiger partial charge in [0.1, 0.15) is 0 Å².